The summed E-state index contributed by atoms with van der Waals surface area (Å²) in [6.07, 6.45) is 1.55. The van der Waals surface area contributed by atoms with Crippen molar-refractivity contribution in [2.45, 2.75) is 40.2 Å². The number of benzene rings is 1. The summed E-state index contributed by atoms with van der Waals surface area (Å²) in [4.78, 5) is 47.7. The van der Waals surface area contributed by atoms with Crippen LogP contribution in [0.1, 0.15) is 42.7 Å². The SMILES string of the molecule is CCCCn1c(N)c(N(CC)C(=O)c2cc(-c3ccccc3)nc3c2c(C)nn3C)c(=O)[nH]c1=O. The van der Waals surface area contributed by atoms with E-state index in [0.29, 0.717) is 41.0 Å². The number of nitrogens with one attached hydrogen (secondary N) is 1. The highest BCUT2D eigenvalue weighted by Crippen LogP contribution is 2.29. The van der Waals surface area contributed by atoms with Crippen LogP contribution in [0.25, 0.3) is 22.3 Å². The number of nitrogens with zero attached hydrogens (tertiary/aromatic N) is 5. The van der Waals surface area contributed by atoms with Crippen molar-refractivity contribution in [1.82, 2.24) is 24.3 Å². The van der Waals surface area contributed by atoms with E-state index in [2.05, 4.69) is 10.1 Å². The maximum absolute atomic E-state index is 14.0. The monoisotopic (exact) mass is 475 g/mol. The Hall–Kier alpha value is -4.21. The molecule has 10 heteroatoms. The van der Waals surface area contributed by atoms with Crippen LogP contribution in [-0.2, 0) is 13.6 Å². The van der Waals surface area contributed by atoms with Crippen LogP contribution in [-0.4, -0.2) is 36.8 Å². The molecule has 0 saturated carbocycles. The van der Waals surface area contributed by atoms with Crippen LogP contribution < -0.4 is 21.9 Å². The predicted molar refractivity (Wildman–Crippen MR) is 137 cm³/mol. The van der Waals surface area contributed by atoms with Gasteiger partial charge in [-0.3, -0.25) is 23.8 Å². The lowest BCUT2D eigenvalue weighted by atomic mass is 10.0. The number of aryl methyl sites for hydroxylation is 2. The van der Waals surface area contributed by atoms with E-state index >= 15 is 0 Å². The molecule has 35 heavy (non-hydrogen) atoms. The van der Waals surface area contributed by atoms with Crippen molar-refractivity contribution in [3.05, 3.63) is 68.5 Å². The van der Waals surface area contributed by atoms with E-state index in [4.69, 9.17) is 10.7 Å². The predicted octanol–water partition coefficient (Wildman–Crippen LogP) is 2.84. The summed E-state index contributed by atoms with van der Waals surface area (Å²) in [7, 11) is 1.77. The van der Waals surface area contributed by atoms with Gasteiger partial charge in [-0.15, -0.1) is 0 Å². The second-order valence-electron chi connectivity index (χ2n) is 8.38. The third-order valence-corrected chi connectivity index (χ3v) is 6.05. The van der Waals surface area contributed by atoms with Crippen LogP contribution in [0.3, 0.4) is 0 Å². The Balaban J connectivity index is 1.93. The van der Waals surface area contributed by atoms with E-state index in [-0.39, 0.29) is 18.1 Å². The summed E-state index contributed by atoms with van der Waals surface area (Å²) in [5.41, 5.74) is 7.97. The number of hydrogen-bond acceptors (Lipinski definition) is 6. The van der Waals surface area contributed by atoms with Gasteiger partial charge in [0.05, 0.1) is 22.3 Å². The molecule has 0 bridgehead atoms. The van der Waals surface area contributed by atoms with Crippen molar-refractivity contribution < 1.29 is 4.79 Å². The van der Waals surface area contributed by atoms with Crippen LogP contribution in [0, 0.1) is 6.92 Å². The number of carbonyl (C=O) groups excluding carboxylic acids is 1. The van der Waals surface area contributed by atoms with Gasteiger partial charge in [-0.2, -0.15) is 5.10 Å². The standard InChI is InChI=1S/C25H29N7O3/c1-5-7-13-32-21(26)20(23(33)28-25(32)35)31(6-2)24(34)17-14-18(16-11-9-8-10-12-16)27-22-19(17)15(3)29-30(22)4/h8-12,14H,5-7,13,26H2,1-4H3,(H,28,33,35). The van der Waals surface area contributed by atoms with Crippen LogP contribution in [0.4, 0.5) is 11.5 Å². The molecule has 4 rings (SSSR count). The second-order valence-corrected chi connectivity index (χ2v) is 8.38. The molecule has 3 heterocycles. The van der Waals surface area contributed by atoms with Gasteiger partial charge in [-0.1, -0.05) is 43.7 Å². The first-order valence-electron chi connectivity index (χ1n) is 11.6. The lowest BCUT2D eigenvalue weighted by Gasteiger charge is -2.23. The molecule has 3 aromatic heterocycles. The molecule has 0 saturated heterocycles. The molecule has 3 N–H and O–H groups in total. The highest BCUT2D eigenvalue weighted by atomic mass is 16.2. The van der Waals surface area contributed by atoms with E-state index in [1.165, 1.54) is 9.47 Å². The van der Waals surface area contributed by atoms with Crippen LogP contribution in [0.2, 0.25) is 0 Å². The Morgan fingerprint density at radius 1 is 1.17 bits per heavy atom. The molecule has 1 amide bonds. The summed E-state index contributed by atoms with van der Waals surface area (Å²) >= 11 is 0. The zero-order valence-corrected chi connectivity index (χ0v) is 20.3. The number of pyridine rings is 1. The van der Waals surface area contributed by atoms with E-state index < -0.39 is 17.2 Å². The minimum atomic E-state index is -0.702. The molecule has 0 aliphatic rings. The molecule has 0 spiro atoms. The minimum Gasteiger partial charge on any atom is -0.383 e. The fourth-order valence-corrected chi connectivity index (χ4v) is 4.30. The quantitative estimate of drug-likeness (QED) is 0.422. The molecule has 0 radical (unpaired) electrons. The summed E-state index contributed by atoms with van der Waals surface area (Å²) in [5, 5.41) is 5.07. The molecular formula is C25H29N7O3. The Morgan fingerprint density at radius 2 is 1.89 bits per heavy atom. The summed E-state index contributed by atoms with van der Waals surface area (Å²) in [6, 6.07) is 11.2. The van der Waals surface area contributed by atoms with E-state index in [0.717, 1.165) is 12.0 Å². The number of carbonyl (C=O) groups is 1. The van der Waals surface area contributed by atoms with Gasteiger partial charge in [0.25, 0.3) is 11.5 Å². The highest BCUT2D eigenvalue weighted by Gasteiger charge is 2.27. The third-order valence-electron chi connectivity index (χ3n) is 6.05. The maximum Gasteiger partial charge on any atom is 0.330 e. The van der Waals surface area contributed by atoms with Crippen molar-refractivity contribution in [3.8, 4) is 11.3 Å². The van der Waals surface area contributed by atoms with E-state index in [1.807, 2.05) is 44.2 Å². The van der Waals surface area contributed by atoms with Crippen molar-refractivity contribution in [2.24, 2.45) is 7.05 Å². The average Bonchev–Trinajstić information content (AvgIpc) is 3.14. The molecule has 0 fully saturated rings. The topological polar surface area (TPSA) is 132 Å². The number of H-pyrrole nitrogens is 1. The summed E-state index contributed by atoms with van der Waals surface area (Å²) in [6.45, 7) is 6.07. The molecule has 4 aromatic rings. The lowest BCUT2D eigenvalue weighted by Crippen LogP contribution is -2.41. The summed E-state index contributed by atoms with van der Waals surface area (Å²) < 4.78 is 2.94. The zero-order valence-electron chi connectivity index (χ0n) is 20.3. The Kier molecular flexibility index (Phi) is 6.54. The van der Waals surface area contributed by atoms with Gasteiger partial charge >= 0.3 is 5.69 Å². The zero-order chi connectivity index (χ0) is 25.3. The van der Waals surface area contributed by atoms with Crippen molar-refractivity contribution >= 4 is 28.4 Å². The fraction of sp³-hybridized carbons (Fsp3) is 0.320. The number of rotatable bonds is 7. The van der Waals surface area contributed by atoms with Crippen LogP contribution in [0.5, 0.6) is 0 Å². The largest absolute Gasteiger partial charge is 0.383 e. The Morgan fingerprint density at radius 3 is 2.54 bits per heavy atom. The number of nitrogens with two attached hydrogens (primary N) is 1. The van der Waals surface area contributed by atoms with Gasteiger partial charge in [-0.25, -0.2) is 9.78 Å². The van der Waals surface area contributed by atoms with Gasteiger partial charge in [0.2, 0.25) is 0 Å². The number of unbranched alkanes of at least 4 members (excludes halogenated alkanes) is 1. The number of anilines is 2. The molecule has 0 unspecified atom stereocenters. The van der Waals surface area contributed by atoms with Gasteiger partial charge < -0.3 is 10.6 Å². The molecule has 182 valence electrons. The number of aromatic amines is 1. The van der Waals surface area contributed by atoms with Crippen molar-refractivity contribution in [3.63, 3.8) is 0 Å². The number of aromatic nitrogens is 5. The first-order chi connectivity index (χ1) is 16.8. The third kappa shape index (κ3) is 4.23. The number of nitrogen functional groups attached to an aromatic ring is 1. The highest BCUT2D eigenvalue weighted by molar-refractivity contribution is 6.15. The van der Waals surface area contributed by atoms with Gasteiger partial charge in [0.1, 0.15) is 5.82 Å². The molecule has 0 aliphatic heterocycles. The first-order valence-corrected chi connectivity index (χ1v) is 11.6. The smallest absolute Gasteiger partial charge is 0.330 e. The number of fused-ring (bicyclic) bond motifs is 1. The normalized spacial score (nSPS) is 11.2. The second kappa shape index (κ2) is 9.57. The van der Waals surface area contributed by atoms with Crippen LogP contribution in [0.15, 0.2) is 46.0 Å². The van der Waals surface area contributed by atoms with Crippen molar-refractivity contribution in [1.29, 1.82) is 0 Å². The Bertz CT molecular complexity index is 1520. The fourth-order valence-electron chi connectivity index (χ4n) is 4.30. The van der Waals surface area contributed by atoms with E-state index in [9.17, 15) is 14.4 Å². The minimum absolute atomic E-state index is 0.0288. The van der Waals surface area contributed by atoms with Crippen molar-refractivity contribution in [2.75, 3.05) is 17.2 Å². The lowest BCUT2D eigenvalue weighted by molar-refractivity contribution is 0.0989. The number of amides is 1. The van der Waals surface area contributed by atoms with Crippen LogP contribution >= 0.6 is 0 Å². The van der Waals surface area contributed by atoms with Gasteiger partial charge in [0.15, 0.2) is 11.3 Å². The average molecular weight is 476 g/mol. The molecule has 10 nitrogen and oxygen atoms in total. The number of hydrogen-bond donors (Lipinski definition) is 2. The first kappa shape index (κ1) is 23.9. The summed E-state index contributed by atoms with van der Waals surface area (Å²) in [5.74, 6) is -0.454. The molecule has 0 aliphatic carbocycles. The maximum atomic E-state index is 14.0. The van der Waals surface area contributed by atoms with Gasteiger partial charge in [-0.05, 0) is 26.3 Å². The van der Waals surface area contributed by atoms with E-state index in [1.54, 1.807) is 24.7 Å². The molecule has 0 atom stereocenters. The molecular weight excluding hydrogens is 446 g/mol. The molecule has 1 aromatic carbocycles. The Labute approximate surface area is 202 Å². The van der Waals surface area contributed by atoms with Gasteiger partial charge in [0, 0.05) is 25.7 Å².